The van der Waals surface area contributed by atoms with Gasteiger partial charge in [-0.15, -0.1) is 0 Å². The first-order chi connectivity index (χ1) is 12.0. The molecule has 3 unspecified atom stereocenters. The third kappa shape index (κ3) is 3.50. The SMILES string of the molecule is CCC(C)c1ccc(NC(=O)CN2C(=O)C3CC=CCC3C2=O)cc1. The Hall–Kier alpha value is -2.43. The maximum atomic E-state index is 12.4. The fourth-order valence-corrected chi connectivity index (χ4v) is 3.50. The maximum Gasteiger partial charge on any atom is 0.244 e. The molecule has 5 nitrogen and oxygen atoms in total. The molecule has 5 heteroatoms. The minimum Gasteiger partial charge on any atom is -0.325 e. The van der Waals surface area contributed by atoms with Crippen LogP contribution in [0.4, 0.5) is 5.69 Å². The molecular weight excluding hydrogens is 316 g/mol. The zero-order valence-electron chi connectivity index (χ0n) is 14.7. The lowest BCUT2D eigenvalue weighted by Gasteiger charge is -2.15. The van der Waals surface area contributed by atoms with Crippen molar-refractivity contribution >= 4 is 23.4 Å². The summed E-state index contributed by atoms with van der Waals surface area (Å²) in [5.74, 6) is -0.894. The molecule has 3 amide bonds. The highest BCUT2D eigenvalue weighted by molar-refractivity contribution is 6.08. The number of fused-ring (bicyclic) bond motifs is 1. The zero-order chi connectivity index (χ0) is 18.0. The Bertz CT molecular complexity index is 682. The molecule has 132 valence electrons. The summed E-state index contributed by atoms with van der Waals surface area (Å²) < 4.78 is 0. The molecule has 1 aromatic carbocycles. The second-order valence-electron chi connectivity index (χ2n) is 6.90. The van der Waals surface area contributed by atoms with Gasteiger partial charge in [0.15, 0.2) is 0 Å². The topological polar surface area (TPSA) is 66.5 Å². The number of nitrogens with zero attached hydrogens (tertiary/aromatic N) is 1. The number of nitrogens with one attached hydrogen (secondary N) is 1. The quantitative estimate of drug-likeness (QED) is 0.662. The monoisotopic (exact) mass is 340 g/mol. The fraction of sp³-hybridized carbons (Fsp3) is 0.450. The average molecular weight is 340 g/mol. The van der Waals surface area contributed by atoms with E-state index >= 15 is 0 Å². The number of hydrogen-bond acceptors (Lipinski definition) is 3. The predicted octanol–water partition coefficient (Wildman–Crippen LogP) is 3.09. The van der Waals surface area contributed by atoms with Crippen molar-refractivity contribution in [2.45, 2.75) is 39.0 Å². The normalized spacial score (nSPS) is 23.5. The maximum absolute atomic E-state index is 12.4. The van der Waals surface area contributed by atoms with Gasteiger partial charge in [0.25, 0.3) is 0 Å². The molecule has 1 aliphatic heterocycles. The van der Waals surface area contributed by atoms with E-state index in [1.807, 2.05) is 36.4 Å². The molecule has 2 aliphatic rings. The number of carbonyl (C=O) groups excluding carboxylic acids is 3. The van der Waals surface area contributed by atoms with Gasteiger partial charge < -0.3 is 5.32 Å². The van der Waals surface area contributed by atoms with Crippen molar-refractivity contribution in [3.8, 4) is 0 Å². The zero-order valence-corrected chi connectivity index (χ0v) is 14.7. The Morgan fingerprint density at radius 3 is 2.20 bits per heavy atom. The van der Waals surface area contributed by atoms with E-state index in [9.17, 15) is 14.4 Å². The number of allylic oxidation sites excluding steroid dienone is 2. The molecule has 0 spiro atoms. The van der Waals surface area contributed by atoms with Crippen LogP contribution in [0.15, 0.2) is 36.4 Å². The Labute approximate surface area is 148 Å². The molecule has 3 atom stereocenters. The van der Waals surface area contributed by atoms with E-state index in [-0.39, 0.29) is 36.1 Å². The number of benzene rings is 1. The lowest BCUT2D eigenvalue weighted by atomic mass is 9.85. The van der Waals surface area contributed by atoms with Crippen LogP contribution in [0.3, 0.4) is 0 Å². The van der Waals surface area contributed by atoms with Gasteiger partial charge in [0, 0.05) is 5.69 Å². The van der Waals surface area contributed by atoms with E-state index in [0.29, 0.717) is 24.4 Å². The molecule has 3 rings (SSSR count). The Balaban J connectivity index is 1.61. The molecule has 0 aromatic heterocycles. The van der Waals surface area contributed by atoms with Crippen LogP contribution in [0.2, 0.25) is 0 Å². The van der Waals surface area contributed by atoms with Crippen LogP contribution >= 0.6 is 0 Å². The summed E-state index contributed by atoms with van der Waals surface area (Å²) in [6.45, 7) is 4.09. The summed E-state index contributed by atoms with van der Waals surface area (Å²) in [6.07, 6.45) is 6.11. The van der Waals surface area contributed by atoms with Crippen molar-refractivity contribution in [3.05, 3.63) is 42.0 Å². The molecule has 1 aromatic rings. The molecule has 25 heavy (non-hydrogen) atoms. The summed E-state index contributed by atoms with van der Waals surface area (Å²) in [7, 11) is 0. The van der Waals surface area contributed by atoms with Gasteiger partial charge in [-0.25, -0.2) is 0 Å². The van der Waals surface area contributed by atoms with E-state index in [1.54, 1.807) is 0 Å². The average Bonchev–Trinajstić information content (AvgIpc) is 2.87. The van der Waals surface area contributed by atoms with Crippen LogP contribution in [-0.2, 0) is 14.4 Å². The van der Waals surface area contributed by atoms with Crippen molar-refractivity contribution in [1.82, 2.24) is 4.90 Å². The van der Waals surface area contributed by atoms with Crippen LogP contribution < -0.4 is 5.32 Å². The molecule has 1 N–H and O–H groups in total. The molecule has 1 fully saturated rings. The lowest BCUT2D eigenvalue weighted by Crippen LogP contribution is -2.38. The number of likely N-dealkylation sites (tertiary alicyclic amines) is 1. The Morgan fingerprint density at radius 2 is 1.68 bits per heavy atom. The highest BCUT2D eigenvalue weighted by Gasteiger charge is 2.47. The number of anilines is 1. The molecular formula is C20H24N2O3. The van der Waals surface area contributed by atoms with Crippen LogP contribution in [0.1, 0.15) is 44.6 Å². The number of hydrogen-bond donors (Lipinski definition) is 1. The first kappa shape index (κ1) is 17.4. The fourth-order valence-electron chi connectivity index (χ4n) is 3.50. The molecule has 1 aliphatic carbocycles. The summed E-state index contributed by atoms with van der Waals surface area (Å²) in [6, 6.07) is 7.71. The van der Waals surface area contributed by atoms with Gasteiger partial charge in [-0.05, 0) is 42.9 Å². The summed E-state index contributed by atoms with van der Waals surface area (Å²) in [5.41, 5.74) is 1.90. The van der Waals surface area contributed by atoms with Gasteiger partial charge >= 0.3 is 0 Å². The van der Waals surface area contributed by atoms with Crippen molar-refractivity contribution in [3.63, 3.8) is 0 Å². The van der Waals surface area contributed by atoms with E-state index < -0.39 is 0 Å². The first-order valence-electron chi connectivity index (χ1n) is 8.91. The second kappa shape index (κ2) is 7.21. The van der Waals surface area contributed by atoms with E-state index in [0.717, 1.165) is 11.3 Å². The van der Waals surface area contributed by atoms with Crippen LogP contribution in [0, 0.1) is 11.8 Å². The molecule has 1 saturated heterocycles. The minimum absolute atomic E-state index is 0.211. The summed E-state index contributed by atoms with van der Waals surface area (Å²) in [4.78, 5) is 38.1. The third-order valence-electron chi connectivity index (χ3n) is 5.28. The minimum atomic E-state index is -0.343. The number of amides is 3. The summed E-state index contributed by atoms with van der Waals surface area (Å²) >= 11 is 0. The standard InChI is InChI=1S/C20H24N2O3/c1-3-13(2)14-8-10-15(11-9-14)21-18(23)12-22-19(24)16-6-4-5-7-17(16)20(22)25/h4-5,8-11,13,16-17H,3,6-7,12H2,1-2H3,(H,21,23). The second-order valence-corrected chi connectivity index (χ2v) is 6.90. The van der Waals surface area contributed by atoms with Gasteiger partial charge in [-0.1, -0.05) is 38.1 Å². The first-order valence-corrected chi connectivity index (χ1v) is 8.91. The number of rotatable bonds is 5. The lowest BCUT2D eigenvalue weighted by molar-refractivity contribution is -0.142. The Morgan fingerprint density at radius 1 is 1.12 bits per heavy atom. The van der Waals surface area contributed by atoms with Gasteiger partial charge in [0.2, 0.25) is 17.7 Å². The smallest absolute Gasteiger partial charge is 0.244 e. The molecule has 0 bridgehead atoms. The highest BCUT2D eigenvalue weighted by Crippen LogP contribution is 2.34. The predicted molar refractivity (Wildman–Crippen MR) is 95.9 cm³/mol. The molecule has 0 radical (unpaired) electrons. The number of imide groups is 1. The van der Waals surface area contributed by atoms with Crippen molar-refractivity contribution in [2.75, 3.05) is 11.9 Å². The van der Waals surface area contributed by atoms with Crippen molar-refractivity contribution < 1.29 is 14.4 Å². The molecule has 0 saturated carbocycles. The van der Waals surface area contributed by atoms with Gasteiger partial charge in [0.05, 0.1) is 11.8 Å². The van der Waals surface area contributed by atoms with Gasteiger partial charge in [-0.2, -0.15) is 0 Å². The van der Waals surface area contributed by atoms with Crippen LogP contribution in [0.5, 0.6) is 0 Å². The van der Waals surface area contributed by atoms with Gasteiger partial charge in [-0.3, -0.25) is 19.3 Å². The van der Waals surface area contributed by atoms with E-state index in [2.05, 4.69) is 19.2 Å². The molecule has 1 heterocycles. The number of carbonyl (C=O) groups is 3. The highest BCUT2D eigenvalue weighted by atomic mass is 16.2. The van der Waals surface area contributed by atoms with Crippen molar-refractivity contribution in [2.24, 2.45) is 11.8 Å². The third-order valence-corrected chi connectivity index (χ3v) is 5.28. The van der Waals surface area contributed by atoms with E-state index in [4.69, 9.17) is 0 Å². The van der Waals surface area contributed by atoms with Gasteiger partial charge in [0.1, 0.15) is 6.54 Å². The Kier molecular flexibility index (Phi) is 5.02. The van der Waals surface area contributed by atoms with E-state index in [1.165, 1.54) is 5.56 Å². The van der Waals surface area contributed by atoms with Crippen molar-refractivity contribution in [1.29, 1.82) is 0 Å². The largest absolute Gasteiger partial charge is 0.325 e. The summed E-state index contributed by atoms with van der Waals surface area (Å²) in [5, 5.41) is 2.77. The van der Waals surface area contributed by atoms with Crippen LogP contribution in [0.25, 0.3) is 0 Å². The van der Waals surface area contributed by atoms with Crippen LogP contribution in [-0.4, -0.2) is 29.2 Å².